The Balaban J connectivity index is 2.14. The van der Waals surface area contributed by atoms with Crippen molar-refractivity contribution in [2.75, 3.05) is 17.0 Å². The third-order valence-electron chi connectivity index (χ3n) is 2.88. The molecule has 0 saturated heterocycles. The number of benzene rings is 1. The summed E-state index contributed by atoms with van der Waals surface area (Å²) in [6.07, 6.45) is 2.91. The van der Waals surface area contributed by atoms with Crippen molar-refractivity contribution in [1.29, 1.82) is 5.26 Å². The lowest BCUT2D eigenvalue weighted by Gasteiger charge is -2.07. The molecule has 2 aromatic rings. The number of aliphatic hydroxyl groups excluding tert-OH is 1. The zero-order chi connectivity index (χ0) is 16.5. The minimum Gasteiger partial charge on any atom is -0.396 e. The Bertz CT molecular complexity index is 759. The summed E-state index contributed by atoms with van der Waals surface area (Å²) in [5, 5.41) is 23.5. The maximum atomic E-state index is 8.79. The van der Waals surface area contributed by atoms with Gasteiger partial charge in [0.1, 0.15) is 5.82 Å². The molecule has 0 radical (unpaired) electrons. The molecule has 3 N–H and O–H groups in total. The fraction of sp³-hybridized carbons (Fsp3) is 0.188. The average Bonchev–Trinajstić information content (AvgIpc) is 2.60. The van der Waals surface area contributed by atoms with E-state index in [9.17, 15) is 0 Å². The molecule has 0 amide bonds. The van der Waals surface area contributed by atoms with E-state index in [4.69, 9.17) is 10.4 Å². The fourth-order valence-corrected chi connectivity index (χ4v) is 1.95. The first-order chi connectivity index (χ1) is 11.3. The summed E-state index contributed by atoms with van der Waals surface area (Å²) in [5.74, 6) is 6.97. The first-order valence-corrected chi connectivity index (χ1v) is 7.55. The van der Waals surface area contributed by atoms with Crippen molar-refractivity contribution >= 4 is 26.8 Å². The molecule has 7 heteroatoms. The second-order valence-corrected chi connectivity index (χ2v) is 4.83. The molecule has 1 atom stereocenters. The van der Waals surface area contributed by atoms with Crippen LogP contribution in [0.15, 0.2) is 30.5 Å². The lowest BCUT2D eigenvalue weighted by atomic mass is 10.2. The molecule has 1 unspecified atom stereocenters. The van der Waals surface area contributed by atoms with Gasteiger partial charge >= 0.3 is 0 Å². The Kier molecular flexibility index (Phi) is 6.32. The van der Waals surface area contributed by atoms with Crippen molar-refractivity contribution in [3.05, 3.63) is 41.6 Å². The van der Waals surface area contributed by atoms with E-state index >= 15 is 0 Å². The van der Waals surface area contributed by atoms with Gasteiger partial charge in [-0.15, -0.1) is 0 Å². The SMILES string of the molecule is N#Cc1ccc(Nc2ncc(C#CCCCO)c(NP)n2)cc1. The highest BCUT2D eigenvalue weighted by molar-refractivity contribution is 7.18. The zero-order valence-corrected chi connectivity index (χ0v) is 13.5. The number of nitrogens with one attached hydrogen (secondary N) is 2. The van der Waals surface area contributed by atoms with E-state index in [1.54, 1.807) is 30.5 Å². The van der Waals surface area contributed by atoms with Crippen molar-refractivity contribution in [2.45, 2.75) is 12.8 Å². The number of hydrogen-bond acceptors (Lipinski definition) is 6. The van der Waals surface area contributed by atoms with Gasteiger partial charge in [-0.2, -0.15) is 10.2 Å². The number of aromatic nitrogens is 2. The van der Waals surface area contributed by atoms with E-state index in [1.165, 1.54) is 0 Å². The predicted octanol–water partition coefficient (Wildman–Crippen LogP) is 2.42. The molecule has 1 aromatic heterocycles. The van der Waals surface area contributed by atoms with E-state index < -0.39 is 0 Å². The van der Waals surface area contributed by atoms with Gasteiger partial charge in [0.25, 0.3) is 0 Å². The van der Waals surface area contributed by atoms with Crippen LogP contribution in [0.4, 0.5) is 17.5 Å². The van der Waals surface area contributed by atoms with Gasteiger partial charge in [0.2, 0.25) is 5.95 Å². The van der Waals surface area contributed by atoms with Crippen LogP contribution in [0.5, 0.6) is 0 Å². The molecule has 0 aliphatic carbocycles. The van der Waals surface area contributed by atoms with Crippen molar-refractivity contribution in [3.63, 3.8) is 0 Å². The van der Waals surface area contributed by atoms with Crippen LogP contribution in [0.1, 0.15) is 24.0 Å². The maximum absolute atomic E-state index is 8.79. The molecule has 23 heavy (non-hydrogen) atoms. The van der Waals surface area contributed by atoms with Crippen LogP contribution in [0, 0.1) is 23.2 Å². The molecule has 0 aliphatic heterocycles. The largest absolute Gasteiger partial charge is 0.396 e. The normalized spacial score (nSPS) is 9.43. The minimum absolute atomic E-state index is 0.132. The molecule has 0 fully saturated rings. The summed E-state index contributed by atoms with van der Waals surface area (Å²) in [5.41, 5.74) is 2.07. The first kappa shape index (κ1) is 16.7. The van der Waals surface area contributed by atoms with Gasteiger partial charge in [-0.25, -0.2) is 4.98 Å². The second-order valence-electron chi connectivity index (χ2n) is 4.54. The number of rotatable bonds is 5. The monoisotopic (exact) mass is 325 g/mol. The van der Waals surface area contributed by atoms with E-state index in [-0.39, 0.29) is 6.61 Å². The van der Waals surface area contributed by atoms with Gasteiger partial charge in [-0.1, -0.05) is 11.8 Å². The number of unbranched alkanes of at least 4 members (excludes halogenated alkanes) is 1. The van der Waals surface area contributed by atoms with E-state index in [2.05, 4.69) is 47.7 Å². The first-order valence-electron chi connectivity index (χ1n) is 6.97. The van der Waals surface area contributed by atoms with Crippen LogP contribution < -0.4 is 10.4 Å². The van der Waals surface area contributed by atoms with Gasteiger partial charge in [0, 0.05) is 18.7 Å². The smallest absolute Gasteiger partial charge is 0.229 e. The molecule has 0 spiro atoms. The molecule has 1 aromatic carbocycles. The van der Waals surface area contributed by atoms with Crippen molar-refractivity contribution in [2.24, 2.45) is 0 Å². The van der Waals surface area contributed by atoms with Gasteiger partial charge in [0.05, 0.1) is 23.4 Å². The highest BCUT2D eigenvalue weighted by atomic mass is 31.0. The third-order valence-corrected chi connectivity index (χ3v) is 3.15. The van der Waals surface area contributed by atoms with Crippen molar-refractivity contribution < 1.29 is 5.11 Å². The summed E-state index contributed by atoms with van der Waals surface area (Å²) in [6.45, 7) is 0.132. The summed E-state index contributed by atoms with van der Waals surface area (Å²) in [4.78, 5) is 8.59. The second kappa shape index (κ2) is 8.70. The quantitative estimate of drug-likeness (QED) is 0.444. The standard InChI is InChI=1S/C16H16N5OP/c17-10-12-5-7-14(8-6-12)19-16-18-11-13(15(20-16)21-23)4-2-1-3-9-22/h5-8,11,22H,1,3,9,23H2,(H2,18,19,20,21). The van der Waals surface area contributed by atoms with Crippen LogP contribution in [-0.4, -0.2) is 21.7 Å². The molecule has 2 rings (SSSR count). The highest BCUT2D eigenvalue weighted by Gasteiger charge is 2.04. The van der Waals surface area contributed by atoms with E-state index in [1.807, 2.05) is 0 Å². The Morgan fingerprint density at radius 1 is 1.26 bits per heavy atom. The molecule has 1 heterocycles. The Morgan fingerprint density at radius 2 is 2.04 bits per heavy atom. The number of nitriles is 1. The molecule has 0 aliphatic rings. The predicted molar refractivity (Wildman–Crippen MR) is 93.0 cm³/mol. The molecule has 116 valence electrons. The molecular weight excluding hydrogens is 309 g/mol. The zero-order valence-electron chi connectivity index (χ0n) is 12.4. The Labute approximate surface area is 137 Å². The molecule has 0 saturated carbocycles. The van der Waals surface area contributed by atoms with Gasteiger partial charge < -0.3 is 15.5 Å². The number of aliphatic hydroxyl groups is 1. The molecule has 6 nitrogen and oxygen atoms in total. The third kappa shape index (κ3) is 4.93. The highest BCUT2D eigenvalue weighted by Crippen LogP contribution is 2.18. The minimum atomic E-state index is 0.132. The number of anilines is 3. The topological polar surface area (TPSA) is 93.9 Å². The molecular formula is C16H16N5OP. The maximum Gasteiger partial charge on any atom is 0.229 e. The van der Waals surface area contributed by atoms with Crippen LogP contribution in [0.25, 0.3) is 0 Å². The van der Waals surface area contributed by atoms with Crippen molar-refractivity contribution in [1.82, 2.24) is 9.97 Å². The Hall–Kier alpha value is -2.66. The molecule has 0 bridgehead atoms. The van der Waals surface area contributed by atoms with Crippen LogP contribution in [0.2, 0.25) is 0 Å². The average molecular weight is 325 g/mol. The van der Waals surface area contributed by atoms with E-state index in [0.717, 1.165) is 5.69 Å². The van der Waals surface area contributed by atoms with Crippen LogP contribution >= 0.6 is 9.39 Å². The fourth-order valence-electron chi connectivity index (χ4n) is 1.73. The van der Waals surface area contributed by atoms with Crippen LogP contribution in [0.3, 0.4) is 0 Å². The number of nitrogens with zero attached hydrogens (tertiary/aromatic N) is 3. The summed E-state index contributed by atoms with van der Waals surface area (Å²) in [6, 6.07) is 9.09. The summed E-state index contributed by atoms with van der Waals surface area (Å²) < 4.78 is 0. The summed E-state index contributed by atoms with van der Waals surface area (Å²) >= 11 is 0. The lowest BCUT2D eigenvalue weighted by Crippen LogP contribution is -2.00. The van der Waals surface area contributed by atoms with Gasteiger partial charge in [0.15, 0.2) is 0 Å². The lowest BCUT2D eigenvalue weighted by molar-refractivity contribution is 0.290. The van der Waals surface area contributed by atoms with Crippen LogP contribution in [-0.2, 0) is 0 Å². The van der Waals surface area contributed by atoms with E-state index in [0.29, 0.717) is 35.7 Å². The number of hydrogen-bond donors (Lipinski definition) is 3. The van der Waals surface area contributed by atoms with Crippen molar-refractivity contribution in [3.8, 4) is 17.9 Å². The Morgan fingerprint density at radius 3 is 2.70 bits per heavy atom. The van der Waals surface area contributed by atoms with Gasteiger partial charge in [-0.3, -0.25) is 0 Å². The summed E-state index contributed by atoms with van der Waals surface area (Å²) in [7, 11) is 2.39. The van der Waals surface area contributed by atoms with Gasteiger partial charge in [-0.05, 0) is 40.1 Å².